The first-order valence-corrected chi connectivity index (χ1v) is 14.4. The Kier molecular flexibility index (Phi) is 11.5. The highest BCUT2D eigenvalue weighted by atomic mass is 16.5. The molecule has 6 N–H and O–H groups in total. The molecule has 2 aromatic carbocycles. The Bertz CT molecular complexity index is 1230. The van der Waals surface area contributed by atoms with Crippen LogP contribution in [-0.2, 0) is 17.6 Å². The maximum Gasteiger partial charge on any atom is 0.192 e. The summed E-state index contributed by atoms with van der Waals surface area (Å²) in [7, 11) is 4.99. The Balaban J connectivity index is 1.79. The van der Waals surface area contributed by atoms with Crippen molar-refractivity contribution in [2.24, 2.45) is 22.6 Å². The van der Waals surface area contributed by atoms with Gasteiger partial charge < -0.3 is 36.1 Å². The summed E-state index contributed by atoms with van der Waals surface area (Å²) in [5.41, 5.74) is 7.88. The molecule has 1 saturated carbocycles. The number of carbonyl (C=O) groups is 1. The summed E-state index contributed by atoms with van der Waals surface area (Å²) in [6.07, 6.45) is 9.18. The van der Waals surface area contributed by atoms with Crippen LogP contribution in [0, 0.1) is 11.8 Å². The van der Waals surface area contributed by atoms with E-state index in [9.17, 15) is 15.0 Å². The number of ether oxygens (including phenoxy) is 2. The summed E-state index contributed by atoms with van der Waals surface area (Å²) in [4.78, 5) is 16.7. The normalized spacial score (nSPS) is 15.8. The number of methoxy groups -OCH3 is 1. The summed E-state index contributed by atoms with van der Waals surface area (Å²) >= 11 is 0. The molecule has 1 fully saturated rings. The van der Waals surface area contributed by atoms with Gasteiger partial charge >= 0.3 is 0 Å². The van der Waals surface area contributed by atoms with Crippen LogP contribution in [0.1, 0.15) is 57.1 Å². The van der Waals surface area contributed by atoms with Gasteiger partial charge in [0.2, 0.25) is 0 Å². The van der Waals surface area contributed by atoms with Gasteiger partial charge in [-0.15, -0.1) is 0 Å². The molecule has 0 amide bonds. The molecule has 1 atom stereocenters. The lowest BCUT2D eigenvalue weighted by Crippen LogP contribution is -2.42. The van der Waals surface area contributed by atoms with E-state index in [-0.39, 0.29) is 40.7 Å². The molecule has 41 heavy (non-hydrogen) atoms. The maximum absolute atomic E-state index is 12.8. The van der Waals surface area contributed by atoms with Gasteiger partial charge in [0.25, 0.3) is 0 Å². The highest BCUT2D eigenvalue weighted by Gasteiger charge is 2.36. The van der Waals surface area contributed by atoms with Gasteiger partial charge in [-0.2, -0.15) is 0 Å². The van der Waals surface area contributed by atoms with Crippen molar-refractivity contribution >= 4 is 17.4 Å². The van der Waals surface area contributed by atoms with E-state index in [0.29, 0.717) is 43.0 Å². The molecular formula is C32H46N4O5. The third-order valence-corrected chi connectivity index (χ3v) is 7.74. The Morgan fingerprint density at radius 3 is 2.49 bits per heavy atom. The minimum absolute atomic E-state index is 0.000376. The van der Waals surface area contributed by atoms with Crippen LogP contribution >= 0.6 is 0 Å². The maximum atomic E-state index is 12.8. The van der Waals surface area contributed by atoms with Crippen LogP contribution in [0.25, 0.3) is 0 Å². The van der Waals surface area contributed by atoms with Gasteiger partial charge in [0.05, 0.1) is 12.8 Å². The van der Waals surface area contributed by atoms with Gasteiger partial charge in [0.15, 0.2) is 34.7 Å². The highest BCUT2D eigenvalue weighted by molar-refractivity contribution is 5.94. The number of nitrogens with one attached hydrogen (secondary N) is 2. The number of benzene rings is 2. The summed E-state index contributed by atoms with van der Waals surface area (Å²) in [5.74, 6) is 1.45. The Morgan fingerprint density at radius 1 is 1.15 bits per heavy atom. The Morgan fingerprint density at radius 2 is 1.85 bits per heavy atom. The number of phenols is 2. The van der Waals surface area contributed by atoms with Crippen LogP contribution in [0.15, 0.2) is 47.5 Å². The fraction of sp³-hybridized carbons (Fsp3) is 0.500. The number of aryl methyl sites for hydroxylation is 1. The SMILES string of the molecule is CN=C(N)Nc1cc(C[C@H](/C=C/C(=O)CCc2ccc(O)c(OC)c2)C(C)C)cc(OC2(CNC)CCCC2)c1O. The third kappa shape index (κ3) is 8.88. The van der Waals surface area contributed by atoms with Crippen molar-refractivity contribution in [3.05, 3.63) is 53.6 Å². The third-order valence-electron chi connectivity index (χ3n) is 7.74. The second-order valence-electron chi connectivity index (χ2n) is 11.2. The molecule has 0 aliphatic heterocycles. The van der Waals surface area contributed by atoms with Crippen molar-refractivity contribution in [1.82, 2.24) is 5.32 Å². The Hall–Kier alpha value is -3.72. The van der Waals surface area contributed by atoms with Crippen LogP contribution in [0.2, 0.25) is 0 Å². The molecule has 1 aliphatic carbocycles. The van der Waals surface area contributed by atoms with Gasteiger partial charge in [-0.25, -0.2) is 0 Å². The molecule has 3 rings (SSSR count). The van der Waals surface area contributed by atoms with Gasteiger partial charge in [0, 0.05) is 20.0 Å². The Labute approximate surface area is 243 Å². The van der Waals surface area contributed by atoms with E-state index in [1.54, 1.807) is 31.3 Å². The van der Waals surface area contributed by atoms with E-state index >= 15 is 0 Å². The van der Waals surface area contributed by atoms with E-state index in [1.165, 1.54) is 7.11 Å². The fourth-order valence-electron chi connectivity index (χ4n) is 5.30. The standard InChI is InChI=1S/C32H46N4O5/c1-21(2)24(10-12-25(37)11-8-22-9-13-27(38)28(18-22)40-5)16-23-17-26(36-31(33)35-4)30(39)29(19-23)41-32(20-34-3)14-6-7-15-32/h9-10,12-13,17-19,21,24,34,38-39H,6-8,11,14-16,20H2,1-5H3,(H3,33,35,36)/b12-10+/t24-/m0/s1. The van der Waals surface area contributed by atoms with Crippen molar-refractivity contribution in [3.63, 3.8) is 0 Å². The molecule has 0 unspecified atom stereocenters. The first-order valence-electron chi connectivity index (χ1n) is 14.4. The number of allylic oxidation sites excluding steroid dienone is 2. The first kappa shape index (κ1) is 31.8. The molecule has 0 radical (unpaired) electrons. The number of aliphatic imine (C=N–C) groups is 1. The topological polar surface area (TPSA) is 138 Å². The number of phenolic OH excluding ortho intramolecular Hbond substituents is 2. The van der Waals surface area contributed by atoms with E-state index in [0.717, 1.165) is 36.8 Å². The molecular weight excluding hydrogens is 520 g/mol. The smallest absolute Gasteiger partial charge is 0.192 e. The van der Waals surface area contributed by atoms with Crippen LogP contribution in [0.3, 0.4) is 0 Å². The van der Waals surface area contributed by atoms with Crippen LogP contribution in [0.5, 0.6) is 23.0 Å². The number of rotatable bonds is 14. The van der Waals surface area contributed by atoms with E-state index < -0.39 is 0 Å². The predicted molar refractivity (Wildman–Crippen MR) is 164 cm³/mol. The average Bonchev–Trinajstić information content (AvgIpc) is 3.40. The quantitative estimate of drug-likeness (QED) is 0.0938. The summed E-state index contributed by atoms with van der Waals surface area (Å²) in [6, 6.07) is 8.89. The molecule has 9 heteroatoms. The minimum atomic E-state index is -0.377. The fourth-order valence-corrected chi connectivity index (χ4v) is 5.30. The van der Waals surface area contributed by atoms with Gasteiger partial charge in [-0.05, 0) is 98.9 Å². The number of aromatic hydroxyl groups is 2. The predicted octanol–water partition coefficient (Wildman–Crippen LogP) is 4.95. The zero-order valence-electron chi connectivity index (χ0n) is 25.0. The summed E-state index contributed by atoms with van der Waals surface area (Å²) < 4.78 is 11.7. The van der Waals surface area contributed by atoms with Crippen molar-refractivity contribution in [3.8, 4) is 23.0 Å². The van der Waals surface area contributed by atoms with Crippen molar-refractivity contribution in [1.29, 1.82) is 0 Å². The van der Waals surface area contributed by atoms with Crippen molar-refractivity contribution in [2.75, 3.05) is 33.1 Å². The van der Waals surface area contributed by atoms with Crippen LogP contribution in [-0.4, -0.2) is 55.3 Å². The molecule has 0 heterocycles. The van der Waals surface area contributed by atoms with Gasteiger partial charge in [-0.3, -0.25) is 9.79 Å². The first-order chi connectivity index (χ1) is 19.6. The molecule has 0 saturated heterocycles. The highest BCUT2D eigenvalue weighted by Crippen LogP contribution is 2.42. The molecule has 1 aliphatic rings. The second-order valence-corrected chi connectivity index (χ2v) is 11.2. The number of carbonyl (C=O) groups excluding carboxylic acids is 1. The van der Waals surface area contributed by atoms with E-state index in [1.807, 2.05) is 25.3 Å². The van der Waals surface area contributed by atoms with Crippen molar-refractivity contribution in [2.45, 2.75) is 64.4 Å². The lowest BCUT2D eigenvalue weighted by atomic mass is 9.88. The monoisotopic (exact) mass is 566 g/mol. The second kappa shape index (κ2) is 14.8. The molecule has 2 aromatic rings. The van der Waals surface area contributed by atoms with Gasteiger partial charge in [-0.1, -0.05) is 26.0 Å². The summed E-state index contributed by atoms with van der Waals surface area (Å²) in [5, 5.41) is 27.2. The average molecular weight is 567 g/mol. The zero-order chi connectivity index (χ0) is 30.0. The molecule has 0 aromatic heterocycles. The van der Waals surface area contributed by atoms with Crippen LogP contribution < -0.4 is 25.8 Å². The molecule has 9 nitrogen and oxygen atoms in total. The number of likely N-dealkylation sites (N-methyl/N-ethyl adjacent to an activating group) is 1. The number of nitrogens with zero attached hydrogens (tertiary/aromatic N) is 1. The number of nitrogens with two attached hydrogens (primary N) is 1. The summed E-state index contributed by atoms with van der Waals surface area (Å²) in [6.45, 7) is 4.94. The number of ketones is 1. The number of hydrogen-bond donors (Lipinski definition) is 5. The molecule has 0 spiro atoms. The number of anilines is 1. The van der Waals surface area contributed by atoms with E-state index in [4.69, 9.17) is 15.2 Å². The number of guanidine groups is 1. The zero-order valence-corrected chi connectivity index (χ0v) is 25.0. The number of hydrogen-bond acceptors (Lipinski definition) is 7. The molecule has 224 valence electrons. The lowest BCUT2D eigenvalue weighted by Gasteiger charge is -2.31. The van der Waals surface area contributed by atoms with Crippen molar-refractivity contribution < 1.29 is 24.5 Å². The van der Waals surface area contributed by atoms with Gasteiger partial charge in [0.1, 0.15) is 5.60 Å². The lowest BCUT2D eigenvalue weighted by molar-refractivity contribution is -0.114. The molecule has 0 bridgehead atoms. The largest absolute Gasteiger partial charge is 0.504 e. The van der Waals surface area contributed by atoms with E-state index in [2.05, 4.69) is 29.5 Å². The van der Waals surface area contributed by atoms with Crippen LogP contribution in [0.4, 0.5) is 5.69 Å². The minimum Gasteiger partial charge on any atom is -0.504 e.